The molecule has 4 nitrogen and oxygen atoms in total. The van der Waals surface area contributed by atoms with Crippen LogP contribution < -0.4 is 0 Å². The summed E-state index contributed by atoms with van der Waals surface area (Å²) < 4.78 is 0. The van der Waals surface area contributed by atoms with Crippen molar-refractivity contribution < 1.29 is 0 Å². The summed E-state index contributed by atoms with van der Waals surface area (Å²) >= 11 is 0. The molecule has 0 saturated carbocycles. The van der Waals surface area contributed by atoms with Crippen molar-refractivity contribution in [3.05, 3.63) is 29.6 Å². The van der Waals surface area contributed by atoms with Crippen molar-refractivity contribution in [3.63, 3.8) is 0 Å². The summed E-state index contributed by atoms with van der Waals surface area (Å²) in [5, 5.41) is 0. The fourth-order valence-electron chi connectivity index (χ4n) is 2.29. The van der Waals surface area contributed by atoms with Gasteiger partial charge < -0.3 is 4.90 Å². The maximum absolute atomic E-state index is 4.67. The van der Waals surface area contributed by atoms with Crippen molar-refractivity contribution in [1.29, 1.82) is 0 Å². The van der Waals surface area contributed by atoms with Crippen molar-refractivity contribution in [2.75, 3.05) is 33.2 Å². The van der Waals surface area contributed by atoms with E-state index in [1.807, 2.05) is 32.0 Å². The van der Waals surface area contributed by atoms with Crippen LogP contribution in [0.5, 0.6) is 0 Å². The maximum Gasteiger partial charge on any atom is 0.0845 e. The number of fused-ring (bicyclic) bond motifs is 2. The molecular formula is C16H24N4. The quantitative estimate of drug-likeness (QED) is 0.728. The molecule has 108 valence electrons. The van der Waals surface area contributed by atoms with E-state index in [1.165, 1.54) is 0 Å². The van der Waals surface area contributed by atoms with Gasteiger partial charge in [-0.2, -0.15) is 0 Å². The van der Waals surface area contributed by atoms with E-state index in [4.69, 9.17) is 0 Å². The van der Waals surface area contributed by atoms with Crippen LogP contribution in [0.2, 0.25) is 0 Å². The molecule has 0 aliphatic carbocycles. The molecule has 0 fully saturated rings. The molecule has 1 aromatic heterocycles. The zero-order valence-electron chi connectivity index (χ0n) is 12.8. The van der Waals surface area contributed by atoms with Crippen LogP contribution in [0.4, 0.5) is 0 Å². The molecule has 0 atom stereocenters. The highest BCUT2D eigenvalue weighted by Gasteiger charge is 2.05. The van der Waals surface area contributed by atoms with Crippen LogP contribution >= 0.6 is 0 Å². The zero-order valence-corrected chi connectivity index (χ0v) is 12.8. The molecule has 2 bridgehead atoms. The average molecular weight is 272 g/mol. The summed E-state index contributed by atoms with van der Waals surface area (Å²) in [6, 6.07) is 6.08. The summed E-state index contributed by atoms with van der Waals surface area (Å²) in [5.74, 6) is 0. The van der Waals surface area contributed by atoms with Crippen molar-refractivity contribution in [1.82, 2.24) is 9.88 Å². The minimum absolute atomic E-state index is 0.870. The van der Waals surface area contributed by atoms with Crippen molar-refractivity contribution >= 4 is 11.4 Å². The van der Waals surface area contributed by atoms with E-state index >= 15 is 0 Å². The maximum atomic E-state index is 4.67. The number of pyridine rings is 1. The largest absolute Gasteiger partial charge is 0.306 e. The SMILES string of the molecule is CC1=NCCCN(C)CCCN=C(C)c2cccc1n2. The van der Waals surface area contributed by atoms with Crippen molar-refractivity contribution in [2.24, 2.45) is 9.98 Å². The first-order chi connectivity index (χ1) is 9.66. The Morgan fingerprint density at radius 3 is 1.90 bits per heavy atom. The van der Waals surface area contributed by atoms with Crippen molar-refractivity contribution in [2.45, 2.75) is 26.7 Å². The molecule has 0 N–H and O–H groups in total. The number of hydrogen-bond acceptors (Lipinski definition) is 4. The van der Waals surface area contributed by atoms with E-state index in [1.54, 1.807) is 0 Å². The van der Waals surface area contributed by atoms with Gasteiger partial charge in [-0.05, 0) is 59.0 Å². The van der Waals surface area contributed by atoms with E-state index in [2.05, 4.69) is 26.9 Å². The number of nitrogens with zero attached hydrogens (tertiary/aromatic N) is 4. The predicted octanol–water partition coefficient (Wildman–Crippen LogP) is 2.43. The van der Waals surface area contributed by atoms with Gasteiger partial charge in [0.1, 0.15) is 0 Å². The Morgan fingerprint density at radius 2 is 1.40 bits per heavy atom. The Kier molecular flexibility index (Phi) is 5.41. The van der Waals surface area contributed by atoms with E-state index in [9.17, 15) is 0 Å². The number of aliphatic imine (C=N–C) groups is 2. The van der Waals surface area contributed by atoms with Crippen LogP contribution in [0, 0.1) is 0 Å². The van der Waals surface area contributed by atoms with Gasteiger partial charge in [-0.25, -0.2) is 4.98 Å². The van der Waals surface area contributed by atoms with E-state index < -0.39 is 0 Å². The molecule has 0 saturated heterocycles. The fraction of sp³-hybridized carbons (Fsp3) is 0.562. The van der Waals surface area contributed by atoms with Crippen LogP contribution in [0.25, 0.3) is 0 Å². The van der Waals surface area contributed by atoms with Crippen LogP contribution in [0.1, 0.15) is 38.1 Å². The molecule has 2 heterocycles. The fourth-order valence-corrected chi connectivity index (χ4v) is 2.29. The normalized spacial score (nSPS) is 18.9. The monoisotopic (exact) mass is 272 g/mol. The molecule has 0 spiro atoms. The van der Waals surface area contributed by atoms with Gasteiger partial charge in [0.15, 0.2) is 0 Å². The van der Waals surface area contributed by atoms with Gasteiger partial charge in [-0.3, -0.25) is 9.98 Å². The average Bonchev–Trinajstić information content (AvgIpc) is 2.47. The van der Waals surface area contributed by atoms with Gasteiger partial charge in [-0.1, -0.05) is 6.07 Å². The molecule has 4 heteroatoms. The van der Waals surface area contributed by atoms with Crippen LogP contribution in [-0.4, -0.2) is 54.5 Å². The molecule has 0 radical (unpaired) electrons. The first-order valence-electron chi connectivity index (χ1n) is 7.35. The first kappa shape index (κ1) is 14.9. The van der Waals surface area contributed by atoms with Gasteiger partial charge in [0.25, 0.3) is 0 Å². The van der Waals surface area contributed by atoms with Gasteiger partial charge in [0.05, 0.1) is 22.8 Å². The summed E-state index contributed by atoms with van der Waals surface area (Å²) in [5.41, 5.74) is 3.95. The molecule has 0 amide bonds. The number of hydrogen-bond donors (Lipinski definition) is 0. The lowest BCUT2D eigenvalue weighted by molar-refractivity contribution is 0.329. The van der Waals surface area contributed by atoms with Crippen LogP contribution in [-0.2, 0) is 0 Å². The third-order valence-corrected chi connectivity index (χ3v) is 3.58. The molecular weight excluding hydrogens is 248 g/mol. The lowest BCUT2D eigenvalue weighted by Crippen LogP contribution is -2.22. The second-order valence-electron chi connectivity index (χ2n) is 5.35. The Morgan fingerprint density at radius 1 is 0.900 bits per heavy atom. The third kappa shape index (κ3) is 4.23. The molecule has 1 aliphatic rings. The van der Waals surface area contributed by atoms with Crippen LogP contribution in [0.3, 0.4) is 0 Å². The second-order valence-corrected chi connectivity index (χ2v) is 5.35. The minimum Gasteiger partial charge on any atom is -0.306 e. The van der Waals surface area contributed by atoms with Gasteiger partial charge in [0.2, 0.25) is 0 Å². The molecule has 1 aromatic rings. The van der Waals surface area contributed by atoms with E-state index in [0.29, 0.717) is 0 Å². The Labute approximate surface area is 121 Å². The van der Waals surface area contributed by atoms with Gasteiger partial charge in [0, 0.05) is 13.1 Å². The second kappa shape index (κ2) is 7.29. The third-order valence-electron chi connectivity index (χ3n) is 3.58. The molecule has 1 aliphatic heterocycles. The first-order valence-corrected chi connectivity index (χ1v) is 7.35. The molecule has 2 rings (SSSR count). The van der Waals surface area contributed by atoms with E-state index in [0.717, 1.165) is 61.8 Å². The molecule has 20 heavy (non-hydrogen) atoms. The van der Waals surface area contributed by atoms with Gasteiger partial charge in [-0.15, -0.1) is 0 Å². The smallest absolute Gasteiger partial charge is 0.0845 e. The Bertz CT molecular complexity index is 464. The summed E-state index contributed by atoms with van der Waals surface area (Å²) in [7, 11) is 2.17. The summed E-state index contributed by atoms with van der Waals surface area (Å²) in [6.07, 6.45) is 2.19. The highest BCUT2D eigenvalue weighted by Crippen LogP contribution is 2.05. The standard InChI is InChI=1S/C16H24N4/c1-13-15-7-4-8-16(19-15)14(2)18-10-6-12-20(3)11-5-9-17-13/h4,7-8H,5-6,9-12H2,1-3H3. The zero-order chi connectivity index (χ0) is 14.4. The predicted molar refractivity (Wildman–Crippen MR) is 85.1 cm³/mol. The Hall–Kier alpha value is -1.55. The van der Waals surface area contributed by atoms with E-state index in [-0.39, 0.29) is 0 Å². The molecule has 0 unspecified atom stereocenters. The highest BCUT2D eigenvalue weighted by atomic mass is 15.1. The lowest BCUT2D eigenvalue weighted by atomic mass is 10.2. The number of rotatable bonds is 0. The number of aromatic nitrogens is 1. The van der Waals surface area contributed by atoms with Gasteiger partial charge >= 0.3 is 0 Å². The van der Waals surface area contributed by atoms with Crippen molar-refractivity contribution in [3.8, 4) is 0 Å². The topological polar surface area (TPSA) is 40.9 Å². The highest BCUT2D eigenvalue weighted by molar-refractivity contribution is 6.00. The lowest BCUT2D eigenvalue weighted by Gasteiger charge is -2.15. The summed E-state index contributed by atoms with van der Waals surface area (Å²) in [4.78, 5) is 16.3. The Balaban J connectivity index is 2.25. The van der Waals surface area contributed by atoms with Crippen LogP contribution in [0.15, 0.2) is 28.2 Å². The minimum atomic E-state index is 0.870. The summed E-state index contributed by atoms with van der Waals surface area (Å²) in [6.45, 7) is 7.99. The molecule has 0 aromatic carbocycles.